The first-order valence-corrected chi connectivity index (χ1v) is 18.0. The molecule has 0 aromatic carbocycles. The highest BCUT2D eigenvalue weighted by molar-refractivity contribution is 6.86. The molecule has 1 atom stereocenters. The Labute approximate surface area is 148 Å². The molecule has 0 spiro atoms. The highest BCUT2D eigenvalue weighted by atomic mass is 28.5. The third-order valence-electron chi connectivity index (χ3n) is 3.12. The Hall–Kier alpha value is 0.218. The summed E-state index contributed by atoms with van der Waals surface area (Å²) in [5.41, 5.74) is 0. The molecule has 0 aliphatic rings. The normalized spacial score (nSPS) is 14.8. The monoisotopic (exact) mass is 396 g/mol. The average Bonchev–Trinajstić information content (AvgIpc) is 2.38. The van der Waals surface area contributed by atoms with Gasteiger partial charge in [-0.15, -0.1) is 0 Å². The smallest absolute Gasteiger partial charge is 0.465 e. The Bertz CT molecular complexity index is 349. The molecule has 23 heavy (non-hydrogen) atoms. The molecule has 138 valence electrons. The zero-order valence-electron chi connectivity index (χ0n) is 16.4. The van der Waals surface area contributed by atoms with Gasteiger partial charge in [0.25, 0.3) is 0 Å². The summed E-state index contributed by atoms with van der Waals surface area (Å²) < 4.78 is 24.1. The van der Waals surface area contributed by atoms with Gasteiger partial charge in [-0.05, 0) is 52.1 Å². The number of hydrogen-bond donors (Lipinski definition) is 0. The molecule has 0 heterocycles. The number of esters is 1. The summed E-state index contributed by atoms with van der Waals surface area (Å²) in [6.45, 7) is 17.2. The zero-order chi connectivity index (χ0) is 18.3. The fourth-order valence-electron chi connectivity index (χ4n) is 2.01. The molecule has 0 aliphatic heterocycles. The molecule has 0 saturated heterocycles. The van der Waals surface area contributed by atoms with Gasteiger partial charge in [0.2, 0.25) is 0 Å². The minimum atomic E-state index is -2.65. The van der Waals surface area contributed by atoms with E-state index in [1.165, 1.54) is 0 Å². The topological polar surface area (TPSA) is 54.0 Å². The lowest BCUT2D eigenvalue weighted by molar-refractivity contribution is -0.148. The Balaban J connectivity index is 4.73. The average molecular weight is 397 g/mol. The van der Waals surface area contributed by atoms with Crippen LogP contribution in [0, 0.1) is 5.92 Å². The van der Waals surface area contributed by atoms with Crippen LogP contribution >= 0.6 is 0 Å². The van der Waals surface area contributed by atoms with E-state index in [-0.39, 0.29) is 11.9 Å². The van der Waals surface area contributed by atoms with Crippen molar-refractivity contribution in [1.29, 1.82) is 0 Å². The van der Waals surface area contributed by atoms with Crippen LogP contribution in [-0.2, 0) is 21.9 Å². The molecule has 0 aliphatic carbocycles. The molecule has 5 nitrogen and oxygen atoms in total. The molecule has 0 saturated carbocycles. The SMILES string of the molecule is CCC(C)C(=O)OCCC[Si](O[SiH3])(O[Si](C)(C)C)O[Si](C)(C)C. The molecule has 0 aromatic heterocycles. The van der Waals surface area contributed by atoms with E-state index in [1.54, 1.807) is 0 Å². The number of rotatable bonds is 11. The predicted molar refractivity (Wildman–Crippen MR) is 105 cm³/mol. The van der Waals surface area contributed by atoms with Crippen molar-refractivity contribution in [3.8, 4) is 0 Å². The fraction of sp³-hybridized carbons (Fsp3) is 0.929. The summed E-state index contributed by atoms with van der Waals surface area (Å²) in [5.74, 6) is -0.160. The summed E-state index contributed by atoms with van der Waals surface area (Å²) >= 11 is 0. The van der Waals surface area contributed by atoms with Crippen LogP contribution in [0.3, 0.4) is 0 Å². The van der Waals surface area contributed by atoms with Gasteiger partial charge in [0, 0.05) is 6.04 Å². The maximum atomic E-state index is 11.7. The van der Waals surface area contributed by atoms with Crippen LogP contribution in [0.25, 0.3) is 0 Å². The Morgan fingerprint density at radius 3 is 1.87 bits per heavy atom. The zero-order valence-corrected chi connectivity index (χ0v) is 21.4. The first kappa shape index (κ1) is 23.2. The van der Waals surface area contributed by atoms with Crippen molar-refractivity contribution in [3.05, 3.63) is 0 Å². The van der Waals surface area contributed by atoms with Crippen LogP contribution < -0.4 is 0 Å². The second kappa shape index (κ2) is 9.64. The molecular weight excluding hydrogens is 360 g/mol. The van der Waals surface area contributed by atoms with E-state index < -0.39 is 25.4 Å². The van der Waals surface area contributed by atoms with Crippen LogP contribution in [-0.4, -0.2) is 48.5 Å². The van der Waals surface area contributed by atoms with Gasteiger partial charge in [-0.2, -0.15) is 0 Å². The molecule has 0 amide bonds. The molecule has 0 N–H and O–H groups in total. The van der Waals surface area contributed by atoms with E-state index in [0.717, 1.165) is 18.9 Å². The molecule has 9 heteroatoms. The summed E-state index contributed by atoms with van der Waals surface area (Å²) in [6.07, 6.45) is 1.53. The molecule has 0 rings (SSSR count). The van der Waals surface area contributed by atoms with E-state index in [0.29, 0.717) is 17.1 Å². The molecule has 0 aromatic rings. The van der Waals surface area contributed by atoms with Gasteiger partial charge in [0.05, 0.1) is 12.5 Å². The van der Waals surface area contributed by atoms with E-state index in [1.807, 2.05) is 13.8 Å². The minimum Gasteiger partial charge on any atom is -0.465 e. The van der Waals surface area contributed by atoms with E-state index in [4.69, 9.17) is 17.1 Å². The predicted octanol–water partition coefficient (Wildman–Crippen LogP) is 2.90. The minimum absolute atomic E-state index is 0.0386. The van der Waals surface area contributed by atoms with Crippen molar-refractivity contribution < 1.29 is 21.9 Å². The molecule has 1 unspecified atom stereocenters. The largest absolute Gasteiger partial charge is 0.469 e. The van der Waals surface area contributed by atoms with Crippen LogP contribution in [0.2, 0.25) is 45.3 Å². The summed E-state index contributed by atoms with van der Waals surface area (Å²) in [7, 11) is -5.60. The van der Waals surface area contributed by atoms with Gasteiger partial charge in [0.1, 0.15) is 10.5 Å². The first-order valence-electron chi connectivity index (χ1n) is 8.46. The van der Waals surface area contributed by atoms with Crippen LogP contribution in [0.5, 0.6) is 0 Å². The van der Waals surface area contributed by atoms with Crippen molar-refractivity contribution >= 4 is 41.9 Å². The summed E-state index contributed by atoms with van der Waals surface area (Å²) in [6, 6.07) is 0.721. The number of hydrogen-bond acceptors (Lipinski definition) is 5. The number of carbonyl (C=O) groups is 1. The van der Waals surface area contributed by atoms with Crippen molar-refractivity contribution in [2.24, 2.45) is 5.92 Å². The third-order valence-corrected chi connectivity index (χ3v) is 14.0. The second-order valence-corrected chi connectivity index (χ2v) is 21.5. The van der Waals surface area contributed by atoms with Gasteiger partial charge in [-0.1, -0.05) is 13.8 Å². The van der Waals surface area contributed by atoms with Crippen LogP contribution in [0.1, 0.15) is 26.7 Å². The molecular formula is C14H36O5Si4. The molecule has 0 fully saturated rings. The Morgan fingerprint density at radius 1 is 1.04 bits per heavy atom. The maximum Gasteiger partial charge on any atom is 0.469 e. The van der Waals surface area contributed by atoms with Crippen molar-refractivity contribution in [2.45, 2.75) is 72.0 Å². The fourth-order valence-corrected chi connectivity index (χ4v) is 14.4. The lowest BCUT2D eigenvalue weighted by Gasteiger charge is -2.39. The summed E-state index contributed by atoms with van der Waals surface area (Å²) in [5, 5.41) is 0. The van der Waals surface area contributed by atoms with Gasteiger partial charge in [-0.25, -0.2) is 0 Å². The highest BCUT2D eigenvalue weighted by Crippen LogP contribution is 2.26. The summed E-state index contributed by atoms with van der Waals surface area (Å²) in [4.78, 5) is 11.7. The maximum absolute atomic E-state index is 11.7. The van der Waals surface area contributed by atoms with E-state index >= 15 is 0 Å². The van der Waals surface area contributed by atoms with Gasteiger partial charge in [-0.3, -0.25) is 4.79 Å². The highest BCUT2D eigenvalue weighted by Gasteiger charge is 2.45. The van der Waals surface area contributed by atoms with E-state index in [9.17, 15) is 4.79 Å². The quantitative estimate of drug-likeness (QED) is 0.305. The lowest BCUT2D eigenvalue weighted by Crippen LogP contribution is -2.56. The lowest BCUT2D eigenvalue weighted by atomic mass is 10.1. The number of ether oxygens (including phenoxy) is 1. The first-order chi connectivity index (χ1) is 10.3. The Kier molecular flexibility index (Phi) is 9.73. The van der Waals surface area contributed by atoms with E-state index in [2.05, 4.69) is 39.3 Å². The number of carbonyl (C=O) groups excluding carboxylic acids is 1. The van der Waals surface area contributed by atoms with Gasteiger partial charge >= 0.3 is 14.8 Å². The van der Waals surface area contributed by atoms with Crippen LogP contribution in [0.4, 0.5) is 0 Å². The van der Waals surface area contributed by atoms with Crippen LogP contribution in [0.15, 0.2) is 0 Å². The standard InChI is InChI=1S/C14H36O5Si4/c1-9-13(2)14(15)16-11-10-12-23(17-20,18-21(3,4)5)19-22(6,7)8/h13H,9-12H2,1-8,20H3. The van der Waals surface area contributed by atoms with Crippen molar-refractivity contribution in [2.75, 3.05) is 6.61 Å². The molecule has 0 radical (unpaired) electrons. The van der Waals surface area contributed by atoms with Crippen molar-refractivity contribution in [3.63, 3.8) is 0 Å². The molecule has 0 bridgehead atoms. The second-order valence-electron chi connectivity index (χ2n) is 7.90. The Morgan fingerprint density at radius 2 is 1.52 bits per heavy atom. The van der Waals surface area contributed by atoms with Gasteiger partial charge < -0.3 is 17.1 Å². The van der Waals surface area contributed by atoms with Crippen molar-refractivity contribution in [1.82, 2.24) is 0 Å². The van der Waals surface area contributed by atoms with Gasteiger partial charge in [0.15, 0.2) is 16.6 Å². The third kappa shape index (κ3) is 10.6.